The van der Waals surface area contributed by atoms with E-state index in [4.69, 9.17) is 4.74 Å². The van der Waals surface area contributed by atoms with Crippen LogP contribution in [0, 0.1) is 5.82 Å². The van der Waals surface area contributed by atoms with Gasteiger partial charge in [-0.05, 0) is 24.3 Å². The Balaban J connectivity index is 1.62. The monoisotopic (exact) mass is 326 g/mol. The highest BCUT2D eigenvalue weighted by atomic mass is 32.1. The quantitative estimate of drug-likeness (QED) is 0.575. The van der Waals surface area contributed by atoms with Gasteiger partial charge in [0, 0.05) is 5.56 Å². The smallest absolute Gasteiger partial charge is 0.235 e. The molecule has 0 aliphatic carbocycles. The molecule has 7 heteroatoms. The average molecular weight is 326 g/mol. The van der Waals surface area contributed by atoms with Gasteiger partial charge in [0.1, 0.15) is 18.2 Å². The van der Waals surface area contributed by atoms with Gasteiger partial charge in [-0.15, -0.1) is 10.2 Å². The molecule has 114 valence electrons. The first-order valence-corrected chi connectivity index (χ1v) is 7.76. The van der Waals surface area contributed by atoms with Gasteiger partial charge in [-0.2, -0.15) is 9.61 Å². The van der Waals surface area contributed by atoms with Crippen LogP contribution in [-0.2, 0) is 6.61 Å². The van der Waals surface area contributed by atoms with E-state index in [9.17, 15) is 4.39 Å². The van der Waals surface area contributed by atoms with Gasteiger partial charge < -0.3 is 4.74 Å². The van der Waals surface area contributed by atoms with Crippen LogP contribution < -0.4 is 4.74 Å². The molecular formula is C16H11FN4OS. The zero-order chi connectivity index (χ0) is 15.6. The number of hydrogen-bond donors (Lipinski definition) is 0. The standard InChI is InChI=1S/C16H11FN4OS/c17-12-6-4-5-11(9-12)15-18-19-16-21(15)20-14(23-16)10-22-13-7-2-1-3-8-13/h1-9H,10H2. The van der Waals surface area contributed by atoms with Crippen LogP contribution >= 0.6 is 11.3 Å². The third kappa shape index (κ3) is 2.78. The molecule has 0 fully saturated rings. The molecule has 4 aromatic rings. The van der Waals surface area contributed by atoms with Crippen molar-refractivity contribution >= 4 is 16.3 Å². The minimum absolute atomic E-state index is 0.317. The Labute approximate surface area is 135 Å². The molecule has 2 aromatic carbocycles. The Morgan fingerprint density at radius 1 is 1.04 bits per heavy atom. The molecule has 0 saturated carbocycles. The fourth-order valence-corrected chi connectivity index (χ4v) is 2.93. The number of hydrogen-bond acceptors (Lipinski definition) is 5. The van der Waals surface area contributed by atoms with Crippen molar-refractivity contribution in [3.63, 3.8) is 0 Å². The van der Waals surface area contributed by atoms with Crippen molar-refractivity contribution in [2.24, 2.45) is 0 Å². The lowest BCUT2D eigenvalue weighted by molar-refractivity contribution is 0.304. The number of ether oxygens (including phenoxy) is 1. The molecule has 0 bridgehead atoms. The lowest BCUT2D eigenvalue weighted by Crippen LogP contribution is -1.97. The maximum atomic E-state index is 13.4. The zero-order valence-corrected chi connectivity index (χ0v) is 12.7. The summed E-state index contributed by atoms with van der Waals surface area (Å²) in [6.45, 7) is 0.348. The number of para-hydroxylation sites is 1. The van der Waals surface area contributed by atoms with Crippen molar-refractivity contribution in [2.45, 2.75) is 6.61 Å². The van der Waals surface area contributed by atoms with Crippen LogP contribution in [0.5, 0.6) is 5.75 Å². The zero-order valence-electron chi connectivity index (χ0n) is 11.9. The largest absolute Gasteiger partial charge is 0.486 e. The molecule has 0 aliphatic rings. The lowest BCUT2D eigenvalue weighted by atomic mass is 10.2. The molecule has 0 radical (unpaired) electrons. The molecule has 23 heavy (non-hydrogen) atoms. The SMILES string of the molecule is Fc1cccc(-c2nnc3sc(COc4ccccc4)nn23)c1. The van der Waals surface area contributed by atoms with Gasteiger partial charge in [0.25, 0.3) is 0 Å². The van der Waals surface area contributed by atoms with Gasteiger partial charge >= 0.3 is 0 Å². The molecule has 0 saturated heterocycles. The second kappa shape index (κ2) is 5.77. The van der Waals surface area contributed by atoms with Crippen LogP contribution in [0.2, 0.25) is 0 Å². The number of fused-ring (bicyclic) bond motifs is 1. The molecular weight excluding hydrogens is 315 g/mol. The Morgan fingerprint density at radius 3 is 2.74 bits per heavy atom. The summed E-state index contributed by atoms with van der Waals surface area (Å²) >= 11 is 1.40. The predicted octanol–water partition coefficient (Wildman–Crippen LogP) is 3.57. The van der Waals surface area contributed by atoms with Crippen molar-refractivity contribution in [3.05, 3.63) is 65.4 Å². The predicted molar refractivity (Wildman–Crippen MR) is 84.8 cm³/mol. The molecule has 2 heterocycles. The first-order chi connectivity index (χ1) is 11.3. The van der Waals surface area contributed by atoms with Crippen LogP contribution in [0.4, 0.5) is 4.39 Å². The highest BCUT2D eigenvalue weighted by Crippen LogP contribution is 2.23. The van der Waals surface area contributed by atoms with Crippen molar-refractivity contribution in [3.8, 4) is 17.1 Å². The van der Waals surface area contributed by atoms with E-state index in [-0.39, 0.29) is 5.82 Å². The van der Waals surface area contributed by atoms with Gasteiger partial charge in [-0.1, -0.05) is 41.7 Å². The maximum Gasteiger partial charge on any atom is 0.235 e. The number of halogens is 1. The first-order valence-electron chi connectivity index (χ1n) is 6.94. The van der Waals surface area contributed by atoms with Gasteiger partial charge in [0.05, 0.1) is 0 Å². The van der Waals surface area contributed by atoms with Crippen LogP contribution in [0.3, 0.4) is 0 Å². The van der Waals surface area contributed by atoms with E-state index >= 15 is 0 Å². The van der Waals surface area contributed by atoms with Crippen molar-refractivity contribution < 1.29 is 9.13 Å². The number of nitrogens with zero attached hydrogens (tertiary/aromatic N) is 4. The summed E-state index contributed by atoms with van der Waals surface area (Å²) in [5.74, 6) is 0.979. The summed E-state index contributed by atoms with van der Waals surface area (Å²) in [7, 11) is 0. The van der Waals surface area contributed by atoms with Gasteiger partial charge in [0.15, 0.2) is 10.8 Å². The van der Waals surface area contributed by atoms with E-state index < -0.39 is 0 Å². The summed E-state index contributed by atoms with van der Waals surface area (Å²) in [4.78, 5) is 0.649. The minimum Gasteiger partial charge on any atom is -0.486 e. The molecule has 0 N–H and O–H groups in total. The van der Waals surface area contributed by atoms with Crippen LogP contribution in [0.1, 0.15) is 5.01 Å². The van der Waals surface area contributed by atoms with E-state index in [1.807, 2.05) is 30.3 Å². The van der Waals surface area contributed by atoms with E-state index in [0.717, 1.165) is 10.8 Å². The highest BCUT2D eigenvalue weighted by molar-refractivity contribution is 7.16. The topological polar surface area (TPSA) is 52.3 Å². The normalized spacial score (nSPS) is 11.0. The molecule has 4 rings (SSSR count). The fraction of sp³-hybridized carbons (Fsp3) is 0.0625. The number of benzene rings is 2. The Hall–Kier alpha value is -2.80. The lowest BCUT2D eigenvalue weighted by Gasteiger charge is -2.02. The summed E-state index contributed by atoms with van der Waals surface area (Å²) in [5.41, 5.74) is 0.637. The summed E-state index contributed by atoms with van der Waals surface area (Å²) in [5, 5.41) is 13.4. The third-order valence-corrected chi connectivity index (χ3v) is 4.09. The Kier molecular flexibility index (Phi) is 3.47. The molecule has 0 unspecified atom stereocenters. The first kappa shape index (κ1) is 13.8. The van der Waals surface area contributed by atoms with Crippen LogP contribution in [-0.4, -0.2) is 19.8 Å². The van der Waals surface area contributed by atoms with Gasteiger partial charge in [-0.3, -0.25) is 0 Å². The van der Waals surface area contributed by atoms with E-state index in [1.54, 1.807) is 16.6 Å². The Bertz CT molecular complexity index is 951. The molecule has 0 amide bonds. The molecule has 0 aliphatic heterocycles. The molecule has 2 aromatic heterocycles. The molecule has 5 nitrogen and oxygen atoms in total. The van der Waals surface area contributed by atoms with E-state index in [0.29, 0.717) is 23.0 Å². The van der Waals surface area contributed by atoms with Crippen molar-refractivity contribution in [2.75, 3.05) is 0 Å². The van der Waals surface area contributed by atoms with Crippen molar-refractivity contribution in [1.82, 2.24) is 19.8 Å². The summed E-state index contributed by atoms with van der Waals surface area (Å²) < 4.78 is 20.7. The second-order valence-electron chi connectivity index (χ2n) is 4.83. The third-order valence-electron chi connectivity index (χ3n) is 3.22. The molecule has 0 spiro atoms. The van der Waals surface area contributed by atoms with Gasteiger partial charge in [0.2, 0.25) is 4.96 Å². The van der Waals surface area contributed by atoms with Crippen LogP contribution in [0.15, 0.2) is 54.6 Å². The summed E-state index contributed by atoms with van der Waals surface area (Å²) in [6, 6.07) is 15.7. The average Bonchev–Trinajstić information content (AvgIpc) is 3.14. The molecule has 0 atom stereocenters. The highest BCUT2D eigenvalue weighted by Gasteiger charge is 2.14. The maximum absolute atomic E-state index is 13.4. The van der Waals surface area contributed by atoms with Crippen LogP contribution in [0.25, 0.3) is 16.3 Å². The van der Waals surface area contributed by atoms with Gasteiger partial charge in [-0.25, -0.2) is 4.39 Å². The fourth-order valence-electron chi connectivity index (χ4n) is 2.18. The van der Waals surface area contributed by atoms with E-state index in [1.165, 1.54) is 23.5 Å². The number of aromatic nitrogens is 4. The minimum atomic E-state index is -0.317. The van der Waals surface area contributed by atoms with Crippen molar-refractivity contribution in [1.29, 1.82) is 0 Å². The Morgan fingerprint density at radius 2 is 1.91 bits per heavy atom. The summed E-state index contributed by atoms with van der Waals surface area (Å²) in [6.07, 6.45) is 0. The van der Waals surface area contributed by atoms with E-state index in [2.05, 4.69) is 15.3 Å². The number of rotatable bonds is 4. The second-order valence-corrected chi connectivity index (χ2v) is 5.87.